The average molecular weight is 380 g/mol. The molecule has 2 N–H and O–H groups in total. The van der Waals surface area contributed by atoms with Crippen molar-refractivity contribution < 1.29 is 23.5 Å². The molecule has 7 nitrogen and oxygen atoms in total. The van der Waals surface area contributed by atoms with E-state index in [0.29, 0.717) is 34.2 Å². The molecule has 7 heteroatoms. The van der Waals surface area contributed by atoms with E-state index in [0.717, 1.165) is 0 Å². The lowest BCUT2D eigenvalue weighted by molar-refractivity contribution is 0.0993. The summed E-state index contributed by atoms with van der Waals surface area (Å²) in [5, 5.41) is 5.52. The average Bonchev–Trinajstić information content (AvgIpc) is 3.15. The Balaban J connectivity index is 1.87. The molecule has 2 amide bonds. The molecule has 28 heavy (non-hydrogen) atoms. The first-order chi connectivity index (χ1) is 13.5. The van der Waals surface area contributed by atoms with E-state index in [2.05, 4.69) is 10.6 Å². The molecule has 144 valence electrons. The van der Waals surface area contributed by atoms with Crippen molar-refractivity contribution >= 4 is 23.2 Å². The molecule has 0 radical (unpaired) electrons. The number of methoxy groups -OCH3 is 2. The van der Waals surface area contributed by atoms with Gasteiger partial charge in [-0.05, 0) is 31.2 Å². The molecular weight excluding hydrogens is 360 g/mol. The number of aryl methyl sites for hydroxylation is 1. The van der Waals surface area contributed by atoms with E-state index in [1.165, 1.54) is 14.2 Å². The second-order valence-corrected chi connectivity index (χ2v) is 5.94. The van der Waals surface area contributed by atoms with E-state index in [4.69, 9.17) is 13.9 Å². The summed E-state index contributed by atoms with van der Waals surface area (Å²) in [5.74, 6) is 0.837. The number of benzene rings is 2. The van der Waals surface area contributed by atoms with Gasteiger partial charge in [0.25, 0.3) is 11.8 Å². The number of hydrogen-bond donors (Lipinski definition) is 2. The van der Waals surface area contributed by atoms with Gasteiger partial charge in [0, 0.05) is 17.7 Å². The van der Waals surface area contributed by atoms with E-state index < -0.39 is 5.91 Å². The molecule has 0 spiro atoms. The quantitative estimate of drug-likeness (QED) is 0.672. The van der Waals surface area contributed by atoms with Crippen molar-refractivity contribution in [2.45, 2.75) is 6.92 Å². The number of furan rings is 1. The van der Waals surface area contributed by atoms with Gasteiger partial charge in [-0.3, -0.25) is 9.59 Å². The van der Waals surface area contributed by atoms with Gasteiger partial charge >= 0.3 is 0 Å². The predicted molar refractivity (Wildman–Crippen MR) is 105 cm³/mol. The standard InChI is InChI=1S/C21H20N2O5/c1-13-9-10-17(28-13)21(25)23-16-12-18(26-2)15(11-19(16)27-3)22-20(24)14-7-5-4-6-8-14/h4-12H,1-3H3,(H,22,24)(H,23,25). The highest BCUT2D eigenvalue weighted by Crippen LogP contribution is 2.37. The topological polar surface area (TPSA) is 89.8 Å². The van der Waals surface area contributed by atoms with Gasteiger partial charge in [0.1, 0.15) is 17.3 Å². The monoisotopic (exact) mass is 380 g/mol. The van der Waals surface area contributed by atoms with E-state index in [-0.39, 0.29) is 11.7 Å². The van der Waals surface area contributed by atoms with Gasteiger partial charge in [-0.1, -0.05) is 18.2 Å². The number of carbonyl (C=O) groups is 2. The van der Waals surface area contributed by atoms with Gasteiger partial charge in [-0.25, -0.2) is 0 Å². The summed E-state index contributed by atoms with van der Waals surface area (Å²) in [7, 11) is 2.94. The molecule has 3 rings (SSSR count). The summed E-state index contributed by atoms with van der Waals surface area (Å²) in [6, 6.07) is 15.3. The fourth-order valence-corrected chi connectivity index (χ4v) is 2.62. The minimum Gasteiger partial charge on any atom is -0.494 e. The van der Waals surface area contributed by atoms with Crippen LogP contribution in [0.25, 0.3) is 0 Å². The van der Waals surface area contributed by atoms with Gasteiger partial charge in [0.15, 0.2) is 5.76 Å². The number of nitrogens with one attached hydrogen (secondary N) is 2. The van der Waals surface area contributed by atoms with E-state index in [9.17, 15) is 9.59 Å². The normalized spacial score (nSPS) is 10.2. The molecule has 0 bridgehead atoms. The number of anilines is 2. The Morgan fingerprint density at radius 2 is 1.39 bits per heavy atom. The Morgan fingerprint density at radius 1 is 0.821 bits per heavy atom. The molecule has 0 fully saturated rings. The molecule has 0 aliphatic carbocycles. The number of rotatable bonds is 6. The molecule has 0 aliphatic heterocycles. The van der Waals surface area contributed by atoms with Crippen molar-refractivity contribution in [1.29, 1.82) is 0 Å². The van der Waals surface area contributed by atoms with E-state index in [1.54, 1.807) is 55.5 Å². The molecule has 0 unspecified atom stereocenters. The first-order valence-electron chi connectivity index (χ1n) is 8.52. The van der Waals surface area contributed by atoms with Crippen LogP contribution in [0.4, 0.5) is 11.4 Å². The van der Waals surface area contributed by atoms with Crippen LogP contribution in [0.5, 0.6) is 11.5 Å². The lowest BCUT2D eigenvalue weighted by Gasteiger charge is -2.16. The third kappa shape index (κ3) is 4.15. The zero-order chi connectivity index (χ0) is 20.1. The summed E-state index contributed by atoms with van der Waals surface area (Å²) in [6.07, 6.45) is 0. The lowest BCUT2D eigenvalue weighted by Crippen LogP contribution is -2.14. The van der Waals surface area contributed by atoms with Gasteiger partial charge < -0.3 is 24.5 Å². The summed E-state index contributed by atoms with van der Waals surface area (Å²) < 4.78 is 16.1. The first-order valence-corrected chi connectivity index (χ1v) is 8.52. The Kier molecular flexibility index (Phi) is 5.64. The zero-order valence-corrected chi connectivity index (χ0v) is 15.7. The molecule has 0 aliphatic rings. The number of carbonyl (C=O) groups excluding carboxylic acids is 2. The van der Waals surface area contributed by atoms with Crippen LogP contribution in [-0.2, 0) is 0 Å². The minimum atomic E-state index is -0.422. The Labute approximate surface area is 162 Å². The van der Waals surface area contributed by atoms with Crippen molar-refractivity contribution in [2.75, 3.05) is 24.9 Å². The third-order valence-corrected chi connectivity index (χ3v) is 4.02. The summed E-state index contributed by atoms with van der Waals surface area (Å²) in [4.78, 5) is 24.8. The molecular formula is C21H20N2O5. The fourth-order valence-electron chi connectivity index (χ4n) is 2.62. The molecule has 3 aromatic rings. The van der Waals surface area contributed by atoms with Crippen LogP contribution in [0.3, 0.4) is 0 Å². The van der Waals surface area contributed by atoms with Crippen molar-refractivity contribution in [1.82, 2.24) is 0 Å². The van der Waals surface area contributed by atoms with Crippen molar-refractivity contribution in [3.05, 3.63) is 71.7 Å². The number of ether oxygens (including phenoxy) is 2. The van der Waals surface area contributed by atoms with Crippen molar-refractivity contribution in [3.8, 4) is 11.5 Å². The van der Waals surface area contributed by atoms with Gasteiger partial charge in [0.2, 0.25) is 0 Å². The van der Waals surface area contributed by atoms with Crippen molar-refractivity contribution in [3.63, 3.8) is 0 Å². The summed E-state index contributed by atoms with van der Waals surface area (Å²) >= 11 is 0. The van der Waals surface area contributed by atoms with Crippen LogP contribution in [0.1, 0.15) is 26.7 Å². The Hall–Kier alpha value is -3.74. The van der Waals surface area contributed by atoms with E-state index in [1.807, 2.05) is 6.07 Å². The summed E-state index contributed by atoms with van der Waals surface area (Å²) in [5.41, 5.74) is 1.31. The number of hydrogen-bond acceptors (Lipinski definition) is 5. The fraction of sp³-hybridized carbons (Fsp3) is 0.143. The van der Waals surface area contributed by atoms with E-state index >= 15 is 0 Å². The van der Waals surface area contributed by atoms with Gasteiger partial charge in [-0.15, -0.1) is 0 Å². The maximum absolute atomic E-state index is 12.4. The van der Waals surface area contributed by atoms with Crippen LogP contribution in [0.2, 0.25) is 0 Å². The molecule has 0 saturated carbocycles. The second-order valence-electron chi connectivity index (χ2n) is 5.94. The predicted octanol–water partition coefficient (Wildman–Crippen LogP) is 4.11. The minimum absolute atomic E-state index is 0.181. The van der Waals surface area contributed by atoms with Gasteiger partial charge in [-0.2, -0.15) is 0 Å². The molecule has 0 saturated heterocycles. The third-order valence-electron chi connectivity index (χ3n) is 4.02. The van der Waals surface area contributed by atoms with Crippen LogP contribution < -0.4 is 20.1 Å². The van der Waals surface area contributed by atoms with Crippen LogP contribution in [0, 0.1) is 6.92 Å². The molecule has 1 heterocycles. The Bertz CT molecular complexity index is 995. The molecule has 2 aromatic carbocycles. The highest BCUT2D eigenvalue weighted by molar-refractivity contribution is 6.06. The highest BCUT2D eigenvalue weighted by Gasteiger charge is 2.18. The maximum Gasteiger partial charge on any atom is 0.291 e. The number of amides is 2. The molecule has 0 atom stereocenters. The largest absolute Gasteiger partial charge is 0.494 e. The Morgan fingerprint density at radius 3 is 1.89 bits per heavy atom. The second kappa shape index (κ2) is 8.30. The summed E-state index contributed by atoms with van der Waals surface area (Å²) in [6.45, 7) is 1.75. The van der Waals surface area contributed by atoms with Crippen LogP contribution in [-0.4, -0.2) is 26.0 Å². The maximum atomic E-state index is 12.4. The van der Waals surface area contributed by atoms with Crippen LogP contribution in [0.15, 0.2) is 59.0 Å². The van der Waals surface area contributed by atoms with Crippen LogP contribution >= 0.6 is 0 Å². The SMILES string of the molecule is COc1cc(NC(=O)c2ccc(C)o2)c(OC)cc1NC(=O)c1ccccc1. The first kappa shape index (κ1) is 19.0. The molecule has 1 aromatic heterocycles. The smallest absolute Gasteiger partial charge is 0.291 e. The lowest BCUT2D eigenvalue weighted by atomic mass is 10.2. The highest BCUT2D eigenvalue weighted by atomic mass is 16.5. The zero-order valence-electron chi connectivity index (χ0n) is 15.7. The van der Waals surface area contributed by atoms with Crippen molar-refractivity contribution in [2.24, 2.45) is 0 Å². The van der Waals surface area contributed by atoms with Gasteiger partial charge in [0.05, 0.1) is 25.6 Å².